The quantitative estimate of drug-likeness (QED) is 0.444. The fourth-order valence-electron chi connectivity index (χ4n) is 3.91. The van der Waals surface area contributed by atoms with Crippen LogP contribution in [0, 0.1) is 6.92 Å². The van der Waals surface area contributed by atoms with Gasteiger partial charge in [-0.1, -0.05) is 24.3 Å². The third-order valence-corrected chi connectivity index (χ3v) is 5.44. The molecule has 0 radical (unpaired) electrons. The van der Waals surface area contributed by atoms with Crippen molar-refractivity contribution >= 4 is 34.3 Å². The zero-order chi connectivity index (χ0) is 20.4. The van der Waals surface area contributed by atoms with Gasteiger partial charge < -0.3 is 20.0 Å². The third kappa shape index (κ3) is 4.12. The number of aromatic nitrogens is 3. The Labute approximate surface area is 181 Å². The Morgan fingerprint density at radius 2 is 1.83 bits per heavy atom. The minimum Gasteiger partial charge on any atom is -0.396 e. The summed E-state index contributed by atoms with van der Waals surface area (Å²) in [5.41, 5.74) is 10.6. The van der Waals surface area contributed by atoms with E-state index in [0.717, 1.165) is 58.3 Å². The van der Waals surface area contributed by atoms with Crippen molar-refractivity contribution in [2.45, 2.75) is 39.4 Å². The second-order valence-corrected chi connectivity index (χ2v) is 7.41. The zero-order valence-corrected chi connectivity index (χ0v) is 17.9. The summed E-state index contributed by atoms with van der Waals surface area (Å²) in [6.45, 7) is 3.73. The molecule has 3 N–H and O–H groups in total. The molecular formula is C23H27ClN4O2. The number of imidazole rings is 1. The van der Waals surface area contributed by atoms with Gasteiger partial charge in [-0.3, -0.25) is 4.79 Å². The average Bonchev–Trinajstić information content (AvgIpc) is 3.07. The van der Waals surface area contributed by atoms with Gasteiger partial charge in [0.1, 0.15) is 5.82 Å². The van der Waals surface area contributed by atoms with Crippen molar-refractivity contribution in [3.63, 3.8) is 0 Å². The molecule has 0 bridgehead atoms. The number of benzene rings is 2. The molecule has 2 aromatic heterocycles. The molecule has 0 saturated carbocycles. The molecule has 0 unspecified atom stereocenters. The zero-order valence-electron chi connectivity index (χ0n) is 17.0. The van der Waals surface area contributed by atoms with E-state index in [2.05, 4.69) is 4.57 Å². The minimum absolute atomic E-state index is 0. The summed E-state index contributed by atoms with van der Waals surface area (Å²) in [6.07, 6.45) is 1.57. The van der Waals surface area contributed by atoms with Crippen LogP contribution < -0.4 is 11.3 Å². The lowest BCUT2D eigenvalue weighted by Crippen LogP contribution is -2.23. The van der Waals surface area contributed by atoms with Crippen molar-refractivity contribution in [1.29, 1.82) is 0 Å². The lowest BCUT2D eigenvalue weighted by Gasteiger charge is -2.14. The monoisotopic (exact) mass is 426 g/mol. The van der Waals surface area contributed by atoms with Gasteiger partial charge in [0.05, 0.1) is 23.1 Å². The molecule has 0 fully saturated rings. The molecule has 0 saturated heterocycles. The van der Waals surface area contributed by atoms with Gasteiger partial charge in [-0.05, 0) is 49.1 Å². The van der Waals surface area contributed by atoms with E-state index in [9.17, 15) is 9.90 Å². The number of hydrogen-bond donors (Lipinski definition) is 2. The largest absolute Gasteiger partial charge is 0.396 e. The van der Waals surface area contributed by atoms with Gasteiger partial charge in [0.25, 0.3) is 5.56 Å². The van der Waals surface area contributed by atoms with Gasteiger partial charge in [-0.2, -0.15) is 0 Å². The molecule has 0 spiro atoms. The first-order valence-corrected chi connectivity index (χ1v) is 10.0. The molecule has 6 nitrogen and oxygen atoms in total. The van der Waals surface area contributed by atoms with Gasteiger partial charge in [0.15, 0.2) is 0 Å². The number of aliphatic hydroxyl groups excluding tert-OH is 1. The molecular weight excluding hydrogens is 400 g/mol. The van der Waals surface area contributed by atoms with Crippen molar-refractivity contribution in [2.75, 3.05) is 6.61 Å². The minimum atomic E-state index is -0.0298. The Balaban J connectivity index is 0.00000256. The number of aliphatic hydroxyl groups is 1. The van der Waals surface area contributed by atoms with Crippen LogP contribution >= 0.6 is 12.4 Å². The Morgan fingerprint density at radius 1 is 1.03 bits per heavy atom. The van der Waals surface area contributed by atoms with Crippen LogP contribution in [0.1, 0.15) is 29.8 Å². The van der Waals surface area contributed by atoms with Crippen LogP contribution in [0.5, 0.6) is 0 Å². The molecule has 2 heterocycles. The van der Waals surface area contributed by atoms with Crippen LogP contribution in [-0.2, 0) is 19.6 Å². The smallest absolute Gasteiger partial charge is 0.251 e. The summed E-state index contributed by atoms with van der Waals surface area (Å²) >= 11 is 0. The number of pyridine rings is 1. The maximum absolute atomic E-state index is 12.8. The van der Waals surface area contributed by atoms with E-state index in [1.165, 1.54) is 0 Å². The molecule has 0 aliphatic rings. The van der Waals surface area contributed by atoms with E-state index in [1.54, 1.807) is 10.6 Å². The highest BCUT2D eigenvalue weighted by Gasteiger charge is 2.14. The molecule has 2 aromatic carbocycles. The van der Waals surface area contributed by atoms with E-state index in [4.69, 9.17) is 10.7 Å². The molecule has 0 amide bonds. The van der Waals surface area contributed by atoms with Crippen molar-refractivity contribution in [3.8, 4) is 0 Å². The van der Waals surface area contributed by atoms with Crippen LogP contribution in [0.3, 0.4) is 0 Å². The number of para-hydroxylation sites is 1. The molecule has 158 valence electrons. The lowest BCUT2D eigenvalue weighted by molar-refractivity contribution is 0.281. The van der Waals surface area contributed by atoms with Crippen LogP contribution in [0.4, 0.5) is 0 Å². The van der Waals surface area contributed by atoms with Crippen molar-refractivity contribution in [1.82, 2.24) is 14.1 Å². The van der Waals surface area contributed by atoms with Gasteiger partial charge in [-0.15, -0.1) is 12.4 Å². The van der Waals surface area contributed by atoms with E-state index in [0.29, 0.717) is 13.1 Å². The first-order chi connectivity index (χ1) is 14.1. The second-order valence-electron chi connectivity index (χ2n) is 7.41. The number of hydrogen-bond acceptors (Lipinski definition) is 4. The molecule has 4 aromatic rings. The van der Waals surface area contributed by atoms with Crippen molar-refractivity contribution in [3.05, 3.63) is 75.8 Å². The SMILES string of the molecule is Cc1cc(=O)n(Cc2nc3cc(CN)ccc3n2CCCCO)c2ccccc12.Cl. The molecule has 0 atom stereocenters. The second kappa shape index (κ2) is 9.43. The standard InChI is InChI=1S/C23H26N4O2.ClH/c1-16-12-23(29)27(20-7-3-2-6-18(16)20)15-22-25-19-13-17(14-24)8-9-21(19)26(22)10-4-5-11-28;/h2-3,6-9,12-13,28H,4-5,10-11,14-15,24H2,1H3;1H. The summed E-state index contributed by atoms with van der Waals surface area (Å²) < 4.78 is 3.95. The van der Waals surface area contributed by atoms with Crippen molar-refractivity contribution < 1.29 is 5.11 Å². The number of rotatable bonds is 7. The number of unbranched alkanes of at least 4 members (excludes halogenated alkanes) is 1. The lowest BCUT2D eigenvalue weighted by atomic mass is 10.1. The Hall–Kier alpha value is -2.67. The molecule has 7 heteroatoms. The number of nitrogens with zero attached hydrogens (tertiary/aromatic N) is 3. The predicted molar refractivity (Wildman–Crippen MR) is 123 cm³/mol. The fourth-order valence-corrected chi connectivity index (χ4v) is 3.91. The van der Waals surface area contributed by atoms with Gasteiger partial charge in [0.2, 0.25) is 0 Å². The van der Waals surface area contributed by atoms with Crippen LogP contribution in [0.25, 0.3) is 21.9 Å². The van der Waals surface area contributed by atoms with E-state index >= 15 is 0 Å². The Kier molecular flexibility index (Phi) is 6.92. The van der Waals surface area contributed by atoms with Gasteiger partial charge in [0, 0.05) is 31.1 Å². The normalized spacial score (nSPS) is 11.2. The summed E-state index contributed by atoms with van der Waals surface area (Å²) in [5.74, 6) is 0.836. The molecule has 4 rings (SSSR count). The Bertz CT molecular complexity index is 1230. The third-order valence-electron chi connectivity index (χ3n) is 5.44. The highest BCUT2D eigenvalue weighted by Crippen LogP contribution is 2.21. The van der Waals surface area contributed by atoms with Gasteiger partial charge >= 0.3 is 0 Å². The van der Waals surface area contributed by atoms with Crippen LogP contribution in [0.2, 0.25) is 0 Å². The maximum Gasteiger partial charge on any atom is 0.251 e. The number of nitrogens with two attached hydrogens (primary N) is 1. The molecule has 30 heavy (non-hydrogen) atoms. The highest BCUT2D eigenvalue weighted by atomic mass is 35.5. The first kappa shape index (κ1) is 22.0. The topological polar surface area (TPSA) is 86.1 Å². The fraction of sp³-hybridized carbons (Fsp3) is 0.304. The summed E-state index contributed by atoms with van der Waals surface area (Å²) in [6, 6.07) is 15.7. The summed E-state index contributed by atoms with van der Waals surface area (Å²) in [5, 5.41) is 10.2. The maximum atomic E-state index is 12.8. The number of halogens is 1. The highest BCUT2D eigenvalue weighted by molar-refractivity contribution is 5.85. The van der Waals surface area contributed by atoms with E-state index in [-0.39, 0.29) is 24.6 Å². The summed E-state index contributed by atoms with van der Waals surface area (Å²) in [7, 11) is 0. The molecule has 0 aliphatic heterocycles. The number of fused-ring (bicyclic) bond motifs is 2. The Morgan fingerprint density at radius 3 is 2.60 bits per heavy atom. The van der Waals surface area contributed by atoms with Crippen LogP contribution in [0.15, 0.2) is 53.3 Å². The molecule has 0 aliphatic carbocycles. The average molecular weight is 427 g/mol. The first-order valence-electron chi connectivity index (χ1n) is 10.0. The van der Waals surface area contributed by atoms with Gasteiger partial charge in [-0.25, -0.2) is 4.98 Å². The summed E-state index contributed by atoms with van der Waals surface area (Å²) in [4.78, 5) is 17.7. The van der Waals surface area contributed by atoms with Crippen LogP contribution in [-0.4, -0.2) is 25.8 Å². The van der Waals surface area contributed by atoms with E-state index < -0.39 is 0 Å². The van der Waals surface area contributed by atoms with Crippen molar-refractivity contribution in [2.24, 2.45) is 5.73 Å². The number of aryl methyl sites for hydroxylation is 2. The predicted octanol–water partition coefficient (Wildman–Crippen LogP) is 3.36. The van der Waals surface area contributed by atoms with E-state index in [1.807, 2.05) is 49.4 Å².